The van der Waals surface area contributed by atoms with Gasteiger partial charge in [-0.3, -0.25) is 9.59 Å². The number of benzene rings is 2. The molecular formula is C21H21N5O2. The van der Waals surface area contributed by atoms with Crippen molar-refractivity contribution in [1.82, 2.24) is 9.97 Å². The van der Waals surface area contributed by atoms with Crippen LogP contribution < -0.4 is 16.0 Å². The molecule has 0 aliphatic carbocycles. The van der Waals surface area contributed by atoms with Gasteiger partial charge in [-0.2, -0.15) is 0 Å². The molecule has 0 fully saturated rings. The lowest BCUT2D eigenvalue weighted by Crippen LogP contribution is -2.15. The Labute approximate surface area is 163 Å². The van der Waals surface area contributed by atoms with Crippen LogP contribution in [-0.4, -0.2) is 21.8 Å². The lowest BCUT2D eigenvalue weighted by molar-refractivity contribution is -0.114. The number of nitrogens with zero attached hydrogens (tertiary/aromatic N) is 2. The summed E-state index contributed by atoms with van der Waals surface area (Å²) in [7, 11) is 0. The van der Waals surface area contributed by atoms with Gasteiger partial charge in [-0.05, 0) is 36.2 Å². The minimum absolute atomic E-state index is 0.142. The maximum atomic E-state index is 12.4. The van der Waals surface area contributed by atoms with E-state index >= 15 is 0 Å². The van der Waals surface area contributed by atoms with Crippen molar-refractivity contribution in [2.75, 3.05) is 16.0 Å². The fourth-order valence-corrected chi connectivity index (χ4v) is 2.67. The molecule has 2 aromatic carbocycles. The molecule has 7 nitrogen and oxygen atoms in total. The van der Waals surface area contributed by atoms with Gasteiger partial charge in [0, 0.05) is 24.0 Å². The zero-order valence-electron chi connectivity index (χ0n) is 15.7. The largest absolute Gasteiger partial charge is 0.339 e. The van der Waals surface area contributed by atoms with Crippen LogP contribution in [0.15, 0.2) is 60.9 Å². The van der Waals surface area contributed by atoms with E-state index in [2.05, 4.69) is 25.9 Å². The lowest BCUT2D eigenvalue weighted by Gasteiger charge is -2.10. The highest BCUT2D eigenvalue weighted by molar-refractivity contribution is 6.03. The molecule has 0 bridgehead atoms. The van der Waals surface area contributed by atoms with Gasteiger partial charge in [-0.15, -0.1) is 0 Å². The molecule has 1 heterocycles. The van der Waals surface area contributed by atoms with E-state index in [9.17, 15) is 9.59 Å². The Kier molecular flexibility index (Phi) is 5.96. The average Bonchev–Trinajstić information content (AvgIpc) is 2.68. The molecule has 0 spiro atoms. The van der Waals surface area contributed by atoms with Crippen molar-refractivity contribution in [1.29, 1.82) is 0 Å². The summed E-state index contributed by atoms with van der Waals surface area (Å²) < 4.78 is 0. The molecular weight excluding hydrogens is 354 g/mol. The standard InChI is InChI=1S/C21H21N5O2/c1-3-15-7-4-5-10-18(15)26-21(28)19-12-23-20(13-22-19)25-17-9-6-8-16(11-17)24-14(2)27/h4-13H,3H2,1-2H3,(H,23,25)(H,24,27)(H,26,28). The van der Waals surface area contributed by atoms with Crippen LogP contribution in [-0.2, 0) is 11.2 Å². The first kappa shape index (κ1) is 19.0. The van der Waals surface area contributed by atoms with Gasteiger partial charge in [0.1, 0.15) is 11.5 Å². The number of nitrogens with one attached hydrogen (secondary N) is 3. The molecule has 3 rings (SSSR count). The highest BCUT2D eigenvalue weighted by Crippen LogP contribution is 2.19. The summed E-state index contributed by atoms with van der Waals surface area (Å²) in [5.41, 5.74) is 3.48. The van der Waals surface area contributed by atoms with Gasteiger partial charge in [0.15, 0.2) is 0 Å². The van der Waals surface area contributed by atoms with Gasteiger partial charge >= 0.3 is 0 Å². The van der Waals surface area contributed by atoms with E-state index in [1.54, 1.807) is 12.1 Å². The highest BCUT2D eigenvalue weighted by Gasteiger charge is 2.10. The molecule has 142 valence electrons. The zero-order valence-corrected chi connectivity index (χ0v) is 15.7. The summed E-state index contributed by atoms with van der Waals surface area (Å²) in [5.74, 6) is 0.0371. The first-order valence-electron chi connectivity index (χ1n) is 8.91. The first-order chi connectivity index (χ1) is 13.5. The molecule has 3 N–H and O–H groups in total. The Hall–Kier alpha value is -3.74. The van der Waals surface area contributed by atoms with E-state index in [0.29, 0.717) is 11.5 Å². The number of hydrogen-bond donors (Lipinski definition) is 3. The van der Waals surface area contributed by atoms with Crippen LogP contribution in [0.3, 0.4) is 0 Å². The number of rotatable bonds is 6. The van der Waals surface area contributed by atoms with Gasteiger partial charge in [-0.1, -0.05) is 31.2 Å². The van der Waals surface area contributed by atoms with Crippen LogP contribution in [0.25, 0.3) is 0 Å². The monoisotopic (exact) mass is 375 g/mol. The molecule has 28 heavy (non-hydrogen) atoms. The molecule has 0 saturated carbocycles. The van der Waals surface area contributed by atoms with Gasteiger partial charge in [0.2, 0.25) is 5.91 Å². The van der Waals surface area contributed by atoms with E-state index in [1.165, 1.54) is 19.3 Å². The second-order valence-electron chi connectivity index (χ2n) is 6.14. The van der Waals surface area contributed by atoms with Crippen molar-refractivity contribution in [3.63, 3.8) is 0 Å². The number of aromatic nitrogens is 2. The molecule has 1 aromatic heterocycles. The molecule has 3 aromatic rings. The third-order valence-corrected chi connectivity index (χ3v) is 3.99. The third kappa shape index (κ3) is 4.91. The molecule has 0 radical (unpaired) electrons. The van der Waals surface area contributed by atoms with Crippen molar-refractivity contribution in [2.45, 2.75) is 20.3 Å². The average molecular weight is 375 g/mol. The lowest BCUT2D eigenvalue weighted by atomic mass is 10.1. The smallest absolute Gasteiger partial charge is 0.275 e. The number of aryl methyl sites for hydroxylation is 1. The number of carbonyl (C=O) groups is 2. The summed E-state index contributed by atoms with van der Waals surface area (Å²) in [5, 5.41) is 8.69. The van der Waals surface area contributed by atoms with Gasteiger partial charge in [0.05, 0.1) is 12.4 Å². The van der Waals surface area contributed by atoms with Crippen LogP contribution in [0, 0.1) is 0 Å². The molecule has 0 aliphatic heterocycles. The maximum absolute atomic E-state index is 12.4. The van der Waals surface area contributed by atoms with Crippen molar-refractivity contribution in [2.24, 2.45) is 0 Å². The van der Waals surface area contributed by atoms with Crippen LogP contribution in [0.4, 0.5) is 22.9 Å². The van der Waals surface area contributed by atoms with Gasteiger partial charge in [0.25, 0.3) is 5.91 Å². The topological polar surface area (TPSA) is 96.0 Å². The van der Waals surface area contributed by atoms with Crippen LogP contribution >= 0.6 is 0 Å². The zero-order chi connectivity index (χ0) is 19.9. The first-order valence-corrected chi connectivity index (χ1v) is 8.91. The minimum atomic E-state index is -0.312. The third-order valence-electron chi connectivity index (χ3n) is 3.99. The summed E-state index contributed by atoms with van der Waals surface area (Å²) in [6, 6.07) is 14.9. The summed E-state index contributed by atoms with van der Waals surface area (Å²) in [4.78, 5) is 32.0. The predicted octanol–water partition coefficient (Wildman–Crippen LogP) is 3.99. The van der Waals surface area contributed by atoms with Crippen LogP contribution in [0.5, 0.6) is 0 Å². The highest BCUT2D eigenvalue weighted by atomic mass is 16.2. The van der Waals surface area contributed by atoms with Crippen LogP contribution in [0.2, 0.25) is 0 Å². The normalized spacial score (nSPS) is 10.2. The van der Waals surface area contributed by atoms with Crippen molar-refractivity contribution >= 4 is 34.7 Å². The second-order valence-corrected chi connectivity index (χ2v) is 6.14. The SMILES string of the molecule is CCc1ccccc1NC(=O)c1cnc(Nc2cccc(NC(C)=O)c2)cn1. The second kappa shape index (κ2) is 8.77. The molecule has 2 amide bonds. The Balaban J connectivity index is 1.68. The van der Waals surface area contributed by atoms with Crippen molar-refractivity contribution < 1.29 is 9.59 Å². The molecule has 0 aliphatic rings. The number of anilines is 4. The fourth-order valence-electron chi connectivity index (χ4n) is 2.67. The molecule has 7 heteroatoms. The van der Waals surface area contributed by atoms with E-state index in [1.807, 2.05) is 43.3 Å². The van der Waals surface area contributed by atoms with Gasteiger partial charge < -0.3 is 16.0 Å². The Bertz CT molecular complexity index is 986. The molecule has 0 saturated heterocycles. The van der Waals surface area contributed by atoms with Crippen molar-refractivity contribution in [3.8, 4) is 0 Å². The van der Waals surface area contributed by atoms with E-state index in [0.717, 1.165) is 23.4 Å². The van der Waals surface area contributed by atoms with Crippen LogP contribution in [0.1, 0.15) is 29.9 Å². The predicted molar refractivity (Wildman–Crippen MR) is 110 cm³/mol. The Morgan fingerprint density at radius 1 is 0.929 bits per heavy atom. The van der Waals surface area contributed by atoms with E-state index in [4.69, 9.17) is 0 Å². The summed E-state index contributed by atoms with van der Waals surface area (Å²) in [6.45, 7) is 3.49. The summed E-state index contributed by atoms with van der Waals surface area (Å²) in [6.07, 6.45) is 3.73. The molecule has 0 atom stereocenters. The number of amides is 2. The Morgan fingerprint density at radius 2 is 1.71 bits per heavy atom. The molecule has 0 unspecified atom stereocenters. The minimum Gasteiger partial charge on any atom is -0.339 e. The maximum Gasteiger partial charge on any atom is 0.275 e. The van der Waals surface area contributed by atoms with E-state index < -0.39 is 0 Å². The Morgan fingerprint density at radius 3 is 2.43 bits per heavy atom. The van der Waals surface area contributed by atoms with Crippen molar-refractivity contribution in [3.05, 3.63) is 72.2 Å². The summed E-state index contributed by atoms with van der Waals surface area (Å²) >= 11 is 0. The number of hydrogen-bond acceptors (Lipinski definition) is 5. The fraction of sp³-hybridized carbons (Fsp3) is 0.143. The van der Waals surface area contributed by atoms with Gasteiger partial charge in [-0.25, -0.2) is 9.97 Å². The number of carbonyl (C=O) groups excluding carboxylic acids is 2. The quantitative estimate of drug-likeness (QED) is 0.605. The van der Waals surface area contributed by atoms with E-state index in [-0.39, 0.29) is 17.5 Å². The number of para-hydroxylation sites is 1.